The Morgan fingerprint density at radius 2 is 1.60 bits per heavy atom. The molecule has 3 aliphatic heterocycles. The monoisotopic (exact) mass is 655 g/mol. The highest BCUT2D eigenvalue weighted by molar-refractivity contribution is 6.74. The third-order valence-corrected chi connectivity index (χ3v) is 15.1. The summed E-state index contributed by atoms with van der Waals surface area (Å²) in [6.07, 6.45) is 2.41. The van der Waals surface area contributed by atoms with Gasteiger partial charge in [-0.15, -0.1) is 0 Å². The van der Waals surface area contributed by atoms with Gasteiger partial charge in [-0.2, -0.15) is 0 Å². The van der Waals surface area contributed by atoms with Crippen molar-refractivity contribution < 1.29 is 23.5 Å². The van der Waals surface area contributed by atoms with Crippen molar-refractivity contribution in [3.05, 3.63) is 83.4 Å². The van der Waals surface area contributed by atoms with Crippen molar-refractivity contribution in [2.75, 3.05) is 17.7 Å². The van der Waals surface area contributed by atoms with Crippen molar-refractivity contribution in [3.63, 3.8) is 0 Å². The topological polar surface area (TPSA) is 92.4 Å². The van der Waals surface area contributed by atoms with Gasteiger partial charge in [-0.25, -0.2) is 4.79 Å². The van der Waals surface area contributed by atoms with Gasteiger partial charge < -0.3 is 19.2 Å². The first kappa shape index (κ1) is 33.4. The number of nitrogens with zero attached hydrogens (tertiary/aromatic N) is 1. The Bertz CT molecular complexity index is 1600. The summed E-state index contributed by atoms with van der Waals surface area (Å²) in [5.74, 6) is -0.0571. The van der Waals surface area contributed by atoms with E-state index in [2.05, 4.69) is 62.5 Å². The van der Waals surface area contributed by atoms with Gasteiger partial charge in [-0.05, 0) is 72.9 Å². The number of carbonyl (C=O) groups excluding carboxylic acids is 2. The molecule has 8 nitrogen and oxygen atoms in total. The molecule has 0 aromatic heterocycles. The summed E-state index contributed by atoms with van der Waals surface area (Å²) in [4.78, 5) is 28.6. The fourth-order valence-corrected chi connectivity index (χ4v) is 7.67. The number of epoxide rings is 1. The third kappa shape index (κ3) is 7.48. The van der Waals surface area contributed by atoms with Gasteiger partial charge in [0.15, 0.2) is 8.32 Å². The van der Waals surface area contributed by atoms with Gasteiger partial charge in [0.2, 0.25) is 5.91 Å². The van der Waals surface area contributed by atoms with E-state index in [0.29, 0.717) is 37.2 Å². The van der Waals surface area contributed by atoms with Gasteiger partial charge in [0, 0.05) is 42.6 Å². The Hall–Kier alpha value is -3.50. The molecule has 3 fully saturated rings. The molecule has 0 spiro atoms. The second-order valence-electron chi connectivity index (χ2n) is 15.0. The average molecular weight is 656 g/mol. The van der Waals surface area contributed by atoms with Crippen molar-refractivity contribution in [1.29, 1.82) is 0 Å². The fraction of sp³-hybridized carbons (Fsp3) is 0.474. The fourth-order valence-electron chi connectivity index (χ4n) is 6.71. The molecule has 3 heterocycles. The molecule has 1 unspecified atom stereocenters. The zero-order valence-corrected chi connectivity index (χ0v) is 29.8. The summed E-state index contributed by atoms with van der Waals surface area (Å²) in [5, 5.41) is 6.27. The van der Waals surface area contributed by atoms with Crippen LogP contribution in [-0.2, 0) is 31.7 Å². The molecule has 47 heavy (non-hydrogen) atoms. The maximum Gasteiger partial charge on any atom is 0.411 e. The van der Waals surface area contributed by atoms with Crippen molar-refractivity contribution >= 4 is 31.7 Å². The standard InChI is InChI=1S/C38H49N3O5Si/c1-24-19-26(23-44-47(6,7)38(2,3)4)14-17-30(24)39-34(42)18-15-25-13-16-29(27-11-9-8-10-12-27)31(20-25)40-37(43)45-28-21-32-35-36(46-35)33(22-28)41(32)5/h8-14,16-17,19-20,28,32-33,35-36H,15,18,21-23H2,1-7H3,(H,39,42)(H,40,43)/t28?,32-,33+,35-,36+. The Labute approximate surface area is 280 Å². The molecule has 250 valence electrons. The molecule has 2 bridgehead atoms. The molecule has 9 heteroatoms. The Morgan fingerprint density at radius 3 is 2.26 bits per heavy atom. The number of hydrogen-bond acceptors (Lipinski definition) is 6. The highest BCUT2D eigenvalue weighted by Crippen LogP contribution is 2.48. The van der Waals surface area contributed by atoms with E-state index in [-0.39, 0.29) is 29.3 Å². The van der Waals surface area contributed by atoms with Gasteiger partial charge in [0.25, 0.3) is 0 Å². The number of carbonyl (C=O) groups is 2. The number of hydrogen-bond donors (Lipinski definition) is 2. The predicted molar refractivity (Wildman–Crippen MR) is 189 cm³/mol. The Morgan fingerprint density at radius 1 is 0.915 bits per heavy atom. The van der Waals surface area contributed by atoms with E-state index in [0.717, 1.165) is 46.3 Å². The van der Waals surface area contributed by atoms with Crippen LogP contribution in [0.5, 0.6) is 0 Å². The molecule has 5 atom stereocenters. The molecule has 3 aliphatic rings. The average Bonchev–Trinajstić information content (AvgIpc) is 3.79. The van der Waals surface area contributed by atoms with Gasteiger partial charge in [0.1, 0.15) is 18.3 Å². The van der Waals surface area contributed by atoms with Gasteiger partial charge in [0.05, 0.1) is 12.3 Å². The molecule has 3 aromatic carbocycles. The molecule has 3 aromatic rings. The highest BCUT2D eigenvalue weighted by Gasteiger charge is 2.62. The lowest BCUT2D eigenvalue weighted by Gasteiger charge is -2.37. The molecule has 0 radical (unpaired) electrons. The van der Waals surface area contributed by atoms with E-state index in [4.69, 9.17) is 13.9 Å². The number of nitrogens with one attached hydrogen (secondary N) is 2. The van der Waals surface area contributed by atoms with Gasteiger partial charge in [-0.3, -0.25) is 15.0 Å². The second-order valence-corrected chi connectivity index (χ2v) is 19.8. The van der Waals surface area contributed by atoms with Crippen molar-refractivity contribution in [2.45, 2.75) is 109 Å². The van der Waals surface area contributed by atoms with E-state index in [1.807, 2.05) is 67.6 Å². The SMILES string of the molecule is Cc1cc(CO[Si](C)(C)C(C)(C)C)ccc1NC(=O)CCc1ccc(-c2ccccc2)c(NC(=O)OC2C[C@@H]3[C@H]4O[C@H]4[C@H](C2)N3C)c1. The van der Waals surface area contributed by atoms with Crippen LogP contribution in [0.1, 0.15) is 56.7 Å². The smallest absolute Gasteiger partial charge is 0.411 e. The van der Waals surface area contributed by atoms with Crippen molar-refractivity contribution in [1.82, 2.24) is 4.90 Å². The Kier molecular flexibility index (Phi) is 9.37. The lowest BCUT2D eigenvalue weighted by molar-refractivity contribution is -0.116. The molecular weight excluding hydrogens is 607 g/mol. The first-order valence-corrected chi connectivity index (χ1v) is 19.8. The zero-order valence-electron chi connectivity index (χ0n) is 28.8. The van der Waals surface area contributed by atoms with E-state index in [1.54, 1.807) is 0 Å². The maximum absolute atomic E-state index is 13.2. The number of amides is 2. The van der Waals surface area contributed by atoms with Crippen LogP contribution in [0, 0.1) is 6.92 Å². The van der Waals surface area contributed by atoms with Crippen LogP contribution in [0.3, 0.4) is 0 Å². The minimum absolute atomic E-state index is 0.0571. The minimum Gasteiger partial charge on any atom is -0.446 e. The lowest BCUT2D eigenvalue weighted by atomic mass is 9.99. The van der Waals surface area contributed by atoms with Crippen LogP contribution in [0.25, 0.3) is 11.1 Å². The highest BCUT2D eigenvalue weighted by atomic mass is 28.4. The quantitative estimate of drug-likeness (QED) is 0.170. The molecule has 0 aliphatic carbocycles. The summed E-state index contributed by atoms with van der Waals surface area (Å²) in [7, 11) is 0.296. The summed E-state index contributed by atoms with van der Waals surface area (Å²) in [6, 6.07) is 22.7. The molecule has 2 N–H and O–H groups in total. The van der Waals surface area contributed by atoms with Crippen LogP contribution >= 0.6 is 0 Å². The molecule has 6 rings (SSSR count). The number of benzene rings is 3. The van der Waals surface area contributed by atoms with Crippen LogP contribution < -0.4 is 10.6 Å². The normalized spacial score (nSPS) is 23.6. The number of ether oxygens (including phenoxy) is 2. The molecule has 2 amide bonds. The summed E-state index contributed by atoms with van der Waals surface area (Å²) < 4.78 is 18.1. The van der Waals surface area contributed by atoms with Crippen LogP contribution in [0.15, 0.2) is 66.7 Å². The van der Waals surface area contributed by atoms with E-state index < -0.39 is 14.4 Å². The number of piperidine rings is 1. The summed E-state index contributed by atoms with van der Waals surface area (Å²) in [6.45, 7) is 13.8. The number of morpholine rings is 1. The van der Waals surface area contributed by atoms with Gasteiger partial charge in [-0.1, -0.05) is 75.4 Å². The lowest BCUT2D eigenvalue weighted by Crippen LogP contribution is -2.48. The first-order chi connectivity index (χ1) is 22.3. The van der Waals surface area contributed by atoms with E-state index in [1.165, 1.54) is 0 Å². The Balaban J connectivity index is 1.07. The molecule has 0 saturated carbocycles. The first-order valence-electron chi connectivity index (χ1n) is 16.9. The van der Waals surface area contributed by atoms with Crippen LogP contribution in [-0.4, -0.2) is 62.7 Å². The summed E-state index contributed by atoms with van der Waals surface area (Å²) >= 11 is 0. The van der Waals surface area contributed by atoms with E-state index in [9.17, 15) is 9.59 Å². The zero-order chi connectivity index (χ0) is 33.5. The number of fused-ring (bicyclic) bond motifs is 5. The number of anilines is 2. The summed E-state index contributed by atoms with van der Waals surface area (Å²) in [5.41, 5.74) is 6.46. The van der Waals surface area contributed by atoms with E-state index >= 15 is 0 Å². The molecule has 3 saturated heterocycles. The van der Waals surface area contributed by atoms with Crippen LogP contribution in [0.2, 0.25) is 18.1 Å². The maximum atomic E-state index is 13.2. The number of likely N-dealkylation sites (N-methyl/N-ethyl adjacent to an activating group) is 1. The third-order valence-electron chi connectivity index (χ3n) is 10.7. The minimum atomic E-state index is -1.85. The molecular formula is C38H49N3O5Si. The van der Waals surface area contributed by atoms with Crippen molar-refractivity contribution in [3.8, 4) is 11.1 Å². The van der Waals surface area contributed by atoms with Crippen LogP contribution in [0.4, 0.5) is 16.2 Å². The number of aryl methyl sites for hydroxylation is 2. The predicted octanol–water partition coefficient (Wildman–Crippen LogP) is 7.92. The number of rotatable bonds is 10. The second kappa shape index (κ2) is 13.2. The van der Waals surface area contributed by atoms with Gasteiger partial charge >= 0.3 is 6.09 Å². The largest absolute Gasteiger partial charge is 0.446 e. The van der Waals surface area contributed by atoms with Crippen molar-refractivity contribution in [2.24, 2.45) is 0 Å².